The van der Waals surface area contributed by atoms with Crippen molar-refractivity contribution in [1.29, 1.82) is 0 Å². The zero-order valence-electron chi connectivity index (χ0n) is 17.2. The Labute approximate surface area is 177 Å². The zero-order valence-corrected chi connectivity index (χ0v) is 18.0. The van der Waals surface area contributed by atoms with Crippen molar-refractivity contribution in [3.63, 3.8) is 0 Å². The fourth-order valence-corrected chi connectivity index (χ4v) is 3.99. The van der Waals surface area contributed by atoms with Crippen LogP contribution in [0.1, 0.15) is 23.6 Å². The number of aryl methyl sites for hydroxylation is 2. The van der Waals surface area contributed by atoms with Crippen molar-refractivity contribution >= 4 is 28.4 Å². The van der Waals surface area contributed by atoms with Crippen molar-refractivity contribution in [3.8, 4) is 0 Å². The number of esters is 1. The summed E-state index contributed by atoms with van der Waals surface area (Å²) < 4.78 is 33.5. The topological polar surface area (TPSA) is 89.5 Å². The lowest BCUT2D eigenvalue weighted by molar-refractivity contribution is -0.147. The Morgan fingerprint density at radius 3 is 2.10 bits per heavy atom. The fourth-order valence-electron chi connectivity index (χ4n) is 2.67. The molecule has 0 spiro atoms. The molecule has 1 unspecified atom stereocenters. The highest BCUT2D eigenvalue weighted by molar-refractivity contribution is 7.89. The van der Waals surface area contributed by atoms with Crippen molar-refractivity contribution in [3.05, 3.63) is 83.4 Å². The molecule has 0 aromatic heterocycles. The van der Waals surface area contributed by atoms with Crippen LogP contribution in [0, 0.1) is 13.8 Å². The molecule has 0 aliphatic heterocycles. The first-order valence-electron chi connectivity index (χ1n) is 9.33. The summed E-state index contributed by atoms with van der Waals surface area (Å²) >= 11 is 0. The number of rotatable bonds is 9. The second-order valence-corrected chi connectivity index (χ2v) is 8.52. The first-order valence-corrected chi connectivity index (χ1v) is 10.8. The maximum absolute atomic E-state index is 13.0. The van der Waals surface area contributed by atoms with Crippen molar-refractivity contribution in [1.82, 2.24) is 4.72 Å². The number of nitrogens with one attached hydrogen (secondary N) is 1. The molecule has 2 aromatic carbocycles. The van der Waals surface area contributed by atoms with Gasteiger partial charge in [0.2, 0.25) is 10.0 Å². The molecular weight excluding hydrogens is 402 g/mol. The van der Waals surface area contributed by atoms with E-state index >= 15 is 0 Å². The van der Waals surface area contributed by atoms with Crippen molar-refractivity contribution in [2.75, 3.05) is 6.61 Å². The van der Waals surface area contributed by atoms with E-state index in [0.717, 1.165) is 11.1 Å². The van der Waals surface area contributed by atoms with E-state index < -0.39 is 21.5 Å². The van der Waals surface area contributed by atoms with Gasteiger partial charge in [-0.15, -0.1) is 0 Å². The van der Waals surface area contributed by atoms with Gasteiger partial charge in [0.25, 0.3) is 0 Å². The SMILES string of the molecule is C=C(C=O)C(/C=C/c1ccc(C)cc1)(NS(=O)(=O)c1ccc(C)cc1)C(=O)OCC. The Bertz CT molecular complexity index is 1050. The molecule has 30 heavy (non-hydrogen) atoms. The molecule has 0 aliphatic carbocycles. The van der Waals surface area contributed by atoms with Crippen LogP contribution in [-0.4, -0.2) is 32.8 Å². The average molecular weight is 428 g/mol. The lowest BCUT2D eigenvalue weighted by atomic mass is 9.91. The summed E-state index contributed by atoms with van der Waals surface area (Å²) in [5.74, 6) is -0.943. The molecule has 2 rings (SSSR count). The summed E-state index contributed by atoms with van der Waals surface area (Å²) in [6, 6.07) is 13.5. The molecule has 7 heteroatoms. The van der Waals surface area contributed by atoms with Crippen molar-refractivity contribution in [2.45, 2.75) is 31.2 Å². The average Bonchev–Trinajstić information content (AvgIpc) is 2.72. The zero-order chi connectivity index (χ0) is 22.4. The standard InChI is InChI=1S/C23H25NO5S/c1-5-29-22(26)23(19(4)16-25,15-14-20-10-6-17(2)7-11-20)24-30(27,28)21-12-8-18(3)9-13-21/h6-16,24H,4-5H2,1-3H3/b15-14+. The summed E-state index contributed by atoms with van der Waals surface area (Å²) in [6.45, 7) is 8.96. The smallest absolute Gasteiger partial charge is 0.336 e. The van der Waals surface area contributed by atoms with Crippen molar-refractivity contribution < 1.29 is 22.7 Å². The molecule has 0 aliphatic rings. The van der Waals surface area contributed by atoms with E-state index in [1.54, 1.807) is 37.3 Å². The van der Waals surface area contributed by atoms with E-state index in [1.165, 1.54) is 18.2 Å². The van der Waals surface area contributed by atoms with Crippen LogP contribution < -0.4 is 4.72 Å². The molecular formula is C23H25NO5S. The summed E-state index contributed by atoms with van der Waals surface area (Å²) in [5, 5.41) is 0. The quantitative estimate of drug-likeness (QED) is 0.377. The summed E-state index contributed by atoms with van der Waals surface area (Å²) in [5.41, 5.74) is 0.248. The van der Waals surface area contributed by atoms with Gasteiger partial charge >= 0.3 is 5.97 Å². The van der Waals surface area contributed by atoms with Gasteiger partial charge in [0, 0.05) is 5.57 Å². The third-order valence-electron chi connectivity index (χ3n) is 4.48. The van der Waals surface area contributed by atoms with E-state index in [4.69, 9.17) is 4.74 Å². The van der Waals surface area contributed by atoms with Crippen LogP contribution in [0.15, 0.2) is 71.7 Å². The number of sulfonamides is 1. The van der Waals surface area contributed by atoms with E-state index in [1.807, 2.05) is 26.0 Å². The third-order valence-corrected chi connectivity index (χ3v) is 5.96. The molecule has 6 nitrogen and oxygen atoms in total. The van der Waals surface area contributed by atoms with E-state index in [9.17, 15) is 18.0 Å². The molecule has 0 fully saturated rings. The fraction of sp³-hybridized carbons (Fsp3) is 0.217. The minimum Gasteiger partial charge on any atom is -0.464 e. The van der Waals surface area contributed by atoms with Gasteiger partial charge in [-0.2, -0.15) is 4.72 Å². The Morgan fingerprint density at radius 2 is 1.60 bits per heavy atom. The van der Waals surface area contributed by atoms with Crippen LogP contribution in [-0.2, 0) is 24.3 Å². The molecule has 0 heterocycles. The highest BCUT2D eigenvalue weighted by Gasteiger charge is 2.44. The largest absolute Gasteiger partial charge is 0.464 e. The maximum atomic E-state index is 13.0. The summed E-state index contributed by atoms with van der Waals surface area (Å²) in [4.78, 5) is 24.4. The van der Waals surface area contributed by atoms with Gasteiger partial charge in [-0.25, -0.2) is 13.2 Å². The second-order valence-electron chi connectivity index (χ2n) is 6.83. The highest BCUT2D eigenvalue weighted by atomic mass is 32.2. The normalized spacial score (nSPS) is 13.6. The van der Waals surface area contributed by atoms with Gasteiger partial charge in [0.05, 0.1) is 11.5 Å². The third kappa shape index (κ3) is 5.31. The van der Waals surface area contributed by atoms with E-state index in [2.05, 4.69) is 11.3 Å². The lowest BCUT2D eigenvalue weighted by Crippen LogP contribution is -2.55. The van der Waals surface area contributed by atoms with Crippen LogP contribution in [0.2, 0.25) is 0 Å². The highest BCUT2D eigenvalue weighted by Crippen LogP contribution is 2.24. The Balaban J connectivity index is 2.59. The van der Waals surface area contributed by atoms with Crippen LogP contribution in [0.3, 0.4) is 0 Å². The van der Waals surface area contributed by atoms with E-state index in [-0.39, 0.29) is 17.1 Å². The predicted octanol–water partition coefficient (Wildman–Crippen LogP) is 3.35. The predicted molar refractivity (Wildman–Crippen MR) is 116 cm³/mol. The number of carbonyl (C=O) groups is 2. The number of benzene rings is 2. The Morgan fingerprint density at radius 1 is 1.07 bits per heavy atom. The van der Waals surface area contributed by atoms with Crippen LogP contribution >= 0.6 is 0 Å². The number of hydrogen-bond acceptors (Lipinski definition) is 5. The van der Waals surface area contributed by atoms with Gasteiger partial charge < -0.3 is 4.74 Å². The Kier molecular flexibility index (Phi) is 7.48. The van der Waals surface area contributed by atoms with Gasteiger partial charge in [-0.3, -0.25) is 4.79 Å². The second kappa shape index (κ2) is 9.65. The molecule has 2 aromatic rings. The summed E-state index contributed by atoms with van der Waals surface area (Å²) in [7, 11) is -4.19. The first-order chi connectivity index (χ1) is 14.1. The molecule has 0 amide bonds. The van der Waals surface area contributed by atoms with Crippen LogP contribution in [0.4, 0.5) is 0 Å². The molecule has 158 valence electrons. The van der Waals surface area contributed by atoms with E-state index in [0.29, 0.717) is 11.8 Å². The van der Waals surface area contributed by atoms with Crippen molar-refractivity contribution in [2.24, 2.45) is 0 Å². The molecule has 0 radical (unpaired) electrons. The summed E-state index contributed by atoms with van der Waals surface area (Å²) in [6.07, 6.45) is 3.18. The van der Waals surface area contributed by atoms with Gasteiger partial charge in [-0.1, -0.05) is 60.2 Å². The molecule has 0 saturated heterocycles. The van der Waals surface area contributed by atoms with Gasteiger partial charge in [0.15, 0.2) is 5.54 Å². The lowest BCUT2D eigenvalue weighted by Gasteiger charge is -2.29. The minimum atomic E-state index is -4.19. The number of ether oxygens (including phenoxy) is 1. The molecule has 0 bridgehead atoms. The number of carbonyl (C=O) groups excluding carboxylic acids is 2. The first kappa shape index (κ1) is 23.3. The molecule has 0 saturated carbocycles. The number of aldehydes is 1. The van der Waals surface area contributed by atoms with Gasteiger partial charge in [-0.05, 0) is 44.5 Å². The molecule has 1 N–H and O–H groups in total. The van der Waals surface area contributed by atoms with Crippen LogP contribution in [0.25, 0.3) is 6.08 Å². The van der Waals surface area contributed by atoms with Gasteiger partial charge in [0.1, 0.15) is 6.29 Å². The van der Waals surface area contributed by atoms with Crippen LogP contribution in [0.5, 0.6) is 0 Å². The number of hydrogen-bond donors (Lipinski definition) is 1. The monoisotopic (exact) mass is 427 g/mol. The maximum Gasteiger partial charge on any atom is 0.336 e. The minimum absolute atomic E-state index is 0.00263. The molecule has 1 atom stereocenters. The Hall–Kier alpha value is -3.03.